The van der Waals surface area contributed by atoms with Crippen LogP contribution in [0, 0.1) is 0 Å². The second-order valence-corrected chi connectivity index (χ2v) is 6.78. The van der Waals surface area contributed by atoms with E-state index >= 15 is 0 Å². The smallest absolute Gasteiger partial charge is 0.274 e. The Morgan fingerprint density at radius 3 is 2.31 bits per heavy atom. The van der Waals surface area contributed by atoms with Gasteiger partial charge in [0.15, 0.2) is 0 Å². The summed E-state index contributed by atoms with van der Waals surface area (Å²) in [6.07, 6.45) is 1.43. The zero-order valence-electron chi connectivity index (χ0n) is 17.2. The predicted molar refractivity (Wildman–Crippen MR) is 119 cm³/mol. The number of nitrogens with zero attached hydrogens (tertiary/aromatic N) is 4. The molecule has 0 aliphatic rings. The van der Waals surface area contributed by atoms with Crippen molar-refractivity contribution in [3.05, 3.63) is 78.2 Å². The Bertz CT molecular complexity index is 924. The lowest BCUT2D eigenvalue weighted by atomic mass is 10.2. The fraction of sp³-hybridized carbons (Fsp3) is 0.261. The van der Waals surface area contributed by atoms with E-state index in [0.717, 1.165) is 24.5 Å². The van der Waals surface area contributed by atoms with Crippen molar-refractivity contribution in [2.45, 2.75) is 20.4 Å². The fourth-order valence-corrected chi connectivity index (χ4v) is 3.16. The number of amides is 1. The Morgan fingerprint density at radius 1 is 0.966 bits per heavy atom. The van der Waals surface area contributed by atoms with E-state index in [1.54, 1.807) is 6.07 Å². The van der Waals surface area contributed by atoms with Crippen molar-refractivity contribution in [1.29, 1.82) is 0 Å². The maximum atomic E-state index is 12.6. The van der Waals surface area contributed by atoms with Gasteiger partial charge in [0.1, 0.15) is 17.8 Å². The number of nitrogens with one attached hydrogen (secondary N) is 1. The standard InChI is InChI=1S/C23H27N5O/c1-4-28(5-2)20-13-11-19(12-14-20)26-23(29)21-15-22(25-17-24-21)27(3)16-18-9-7-6-8-10-18/h6-15,17H,4-5,16H2,1-3H3,(H,26,29). The van der Waals surface area contributed by atoms with E-state index in [9.17, 15) is 4.79 Å². The minimum absolute atomic E-state index is 0.252. The number of carbonyl (C=O) groups is 1. The van der Waals surface area contributed by atoms with Gasteiger partial charge in [-0.2, -0.15) is 0 Å². The minimum Gasteiger partial charge on any atom is -0.372 e. The molecule has 6 nitrogen and oxygen atoms in total. The Kier molecular flexibility index (Phi) is 6.79. The van der Waals surface area contributed by atoms with Crippen molar-refractivity contribution in [2.75, 3.05) is 35.3 Å². The van der Waals surface area contributed by atoms with Crippen LogP contribution in [-0.4, -0.2) is 36.0 Å². The van der Waals surface area contributed by atoms with Crippen molar-refractivity contribution in [3.8, 4) is 0 Å². The molecule has 0 bridgehead atoms. The molecule has 150 valence electrons. The molecule has 0 saturated carbocycles. The van der Waals surface area contributed by atoms with E-state index in [0.29, 0.717) is 18.1 Å². The van der Waals surface area contributed by atoms with Gasteiger partial charge >= 0.3 is 0 Å². The first-order valence-electron chi connectivity index (χ1n) is 9.84. The van der Waals surface area contributed by atoms with Crippen molar-refractivity contribution in [3.63, 3.8) is 0 Å². The van der Waals surface area contributed by atoms with Gasteiger partial charge in [0.2, 0.25) is 0 Å². The number of hydrogen-bond acceptors (Lipinski definition) is 5. The van der Waals surface area contributed by atoms with Crippen LogP contribution in [0.1, 0.15) is 29.9 Å². The number of anilines is 3. The maximum Gasteiger partial charge on any atom is 0.274 e. The zero-order chi connectivity index (χ0) is 20.6. The van der Waals surface area contributed by atoms with Crippen LogP contribution in [0.5, 0.6) is 0 Å². The van der Waals surface area contributed by atoms with E-state index in [1.807, 2.05) is 54.4 Å². The number of benzene rings is 2. The minimum atomic E-state index is -0.252. The first kappa shape index (κ1) is 20.3. The largest absolute Gasteiger partial charge is 0.372 e. The van der Waals surface area contributed by atoms with Gasteiger partial charge in [0.25, 0.3) is 5.91 Å². The third-order valence-electron chi connectivity index (χ3n) is 4.79. The molecule has 1 aromatic heterocycles. The molecular formula is C23H27N5O. The Morgan fingerprint density at radius 2 is 1.66 bits per heavy atom. The molecule has 0 saturated heterocycles. The van der Waals surface area contributed by atoms with Crippen LogP contribution in [0.2, 0.25) is 0 Å². The molecule has 1 amide bonds. The summed E-state index contributed by atoms with van der Waals surface area (Å²) in [7, 11) is 1.95. The summed E-state index contributed by atoms with van der Waals surface area (Å²) in [5.41, 5.74) is 3.39. The summed E-state index contributed by atoms with van der Waals surface area (Å²) in [6.45, 7) is 6.85. The maximum absolute atomic E-state index is 12.6. The number of aromatic nitrogens is 2. The van der Waals surface area contributed by atoms with Gasteiger partial charge in [-0.05, 0) is 43.7 Å². The second kappa shape index (κ2) is 9.68. The molecular weight excluding hydrogens is 362 g/mol. The first-order chi connectivity index (χ1) is 14.1. The molecule has 3 aromatic rings. The molecule has 3 rings (SSSR count). The Balaban J connectivity index is 1.67. The second-order valence-electron chi connectivity index (χ2n) is 6.78. The van der Waals surface area contributed by atoms with Gasteiger partial charge in [-0.3, -0.25) is 4.79 Å². The van der Waals surface area contributed by atoms with E-state index in [1.165, 1.54) is 11.9 Å². The van der Waals surface area contributed by atoms with Crippen LogP contribution in [0.4, 0.5) is 17.2 Å². The molecule has 0 aliphatic carbocycles. The Hall–Kier alpha value is -3.41. The fourth-order valence-electron chi connectivity index (χ4n) is 3.16. The third-order valence-corrected chi connectivity index (χ3v) is 4.79. The SMILES string of the molecule is CCN(CC)c1ccc(NC(=O)c2cc(N(C)Cc3ccccc3)ncn2)cc1. The molecule has 0 fully saturated rings. The topological polar surface area (TPSA) is 61.4 Å². The van der Waals surface area contributed by atoms with Gasteiger partial charge < -0.3 is 15.1 Å². The van der Waals surface area contributed by atoms with Crippen LogP contribution >= 0.6 is 0 Å². The van der Waals surface area contributed by atoms with Crippen molar-refractivity contribution >= 4 is 23.1 Å². The van der Waals surface area contributed by atoms with E-state index in [2.05, 4.69) is 46.2 Å². The molecule has 0 atom stereocenters. The molecule has 0 unspecified atom stereocenters. The van der Waals surface area contributed by atoms with Crippen LogP contribution in [0.3, 0.4) is 0 Å². The average Bonchev–Trinajstić information content (AvgIpc) is 2.76. The predicted octanol–water partition coefficient (Wildman–Crippen LogP) is 4.21. The lowest BCUT2D eigenvalue weighted by molar-refractivity contribution is 0.102. The highest BCUT2D eigenvalue weighted by molar-refractivity contribution is 6.03. The van der Waals surface area contributed by atoms with Gasteiger partial charge in [-0.1, -0.05) is 30.3 Å². The van der Waals surface area contributed by atoms with Crippen LogP contribution in [0.15, 0.2) is 67.0 Å². The highest BCUT2D eigenvalue weighted by Gasteiger charge is 2.12. The summed E-state index contributed by atoms with van der Waals surface area (Å²) < 4.78 is 0. The van der Waals surface area contributed by atoms with Crippen LogP contribution < -0.4 is 15.1 Å². The third kappa shape index (κ3) is 5.31. The van der Waals surface area contributed by atoms with Gasteiger partial charge in [0.05, 0.1) is 0 Å². The molecule has 6 heteroatoms. The van der Waals surface area contributed by atoms with Crippen molar-refractivity contribution < 1.29 is 4.79 Å². The van der Waals surface area contributed by atoms with E-state index in [-0.39, 0.29) is 5.91 Å². The molecule has 29 heavy (non-hydrogen) atoms. The first-order valence-corrected chi connectivity index (χ1v) is 9.84. The monoisotopic (exact) mass is 389 g/mol. The van der Waals surface area contributed by atoms with E-state index < -0.39 is 0 Å². The summed E-state index contributed by atoms with van der Waals surface area (Å²) in [4.78, 5) is 25.3. The number of carbonyl (C=O) groups excluding carboxylic acids is 1. The van der Waals surface area contributed by atoms with Crippen LogP contribution in [0.25, 0.3) is 0 Å². The summed E-state index contributed by atoms with van der Waals surface area (Å²) in [5, 5.41) is 2.91. The summed E-state index contributed by atoms with van der Waals surface area (Å²) >= 11 is 0. The quantitative estimate of drug-likeness (QED) is 0.625. The van der Waals surface area contributed by atoms with Gasteiger partial charge in [-0.25, -0.2) is 9.97 Å². The van der Waals surface area contributed by atoms with E-state index in [4.69, 9.17) is 0 Å². The molecule has 2 aromatic carbocycles. The molecule has 0 spiro atoms. The number of hydrogen-bond donors (Lipinski definition) is 1. The van der Waals surface area contributed by atoms with Crippen molar-refractivity contribution in [2.24, 2.45) is 0 Å². The highest BCUT2D eigenvalue weighted by Crippen LogP contribution is 2.19. The zero-order valence-corrected chi connectivity index (χ0v) is 17.2. The molecule has 1 heterocycles. The van der Waals surface area contributed by atoms with Gasteiger partial charge in [0, 0.05) is 44.1 Å². The number of rotatable bonds is 8. The lowest BCUT2D eigenvalue weighted by Crippen LogP contribution is -2.22. The van der Waals surface area contributed by atoms with Gasteiger partial charge in [-0.15, -0.1) is 0 Å². The summed E-state index contributed by atoms with van der Waals surface area (Å²) in [5.74, 6) is 0.447. The highest BCUT2D eigenvalue weighted by atomic mass is 16.1. The summed E-state index contributed by atoms with van der Waals surface area (Å²) in [6, 6.07) is 19.7. The molecule has 0 aliphatic heterocycles. The van der Waals surface area contributed by atoms with Crippen molar-refractivity contribution in [1.82, 2.24) is 9.97 Å². The molecule has 0 radical (unpaired) electrons. The molecule has 1 N–H and O–H groups in total. The average molecular weight is 390 g/mol. The lowest BCUT2D eigenvalue weighted by Gasteiger charge is -2.21. The Labute approximate surface area is 172 Å². The van der Waals surface area contributed by atoms with Crippen LogP contribution in [-0.2, 0) is 6.54 Å². The normalized spacial score (nSPS) is 10.4.